The normalized spacial score (nSPS) is 17.0. The van der Waals surface area contributed by atoms with Crippen LogP contribution in [0, 0.1) is 12.8 Å². The highest BCUT2D eigenvalue weighted by Gasteiger charge is 2.16. The first-order valence-electron chi connectivity index (χ1n) is 10.0. The van der Waals surface area contributed by atoms with Gasteiger partial charge in [-0.2, -0.15) is 0 Å². The Kier molecular flexibility index (Phi) is 6.61. The molecule has 0 spiro atoms. The fourth-order valence-corrected chi connectivity index (χ4v) is 3.45. The molecule has 1 fully saturated rings. The number of aromatic nitrogens is 3. The van der Waals surface area contributed by atoms with Crippen LogP contribution in [0.1, 0.15) is 60.8 Å². The van der Waals surface area contributed by atoms with E-state index in [1.165, 1.54) is 31.5 Å². The maximum absolute atomic E-state index is 12.3. The van der Waals surface area contributed by atoms with Gasteiger partial charge in [0.2, 0.25) is 0 Å². The quantitative estimate of drug-likeness (QED) is 0.762. The third-order valence-corrected chi connectivity index (χ3v) is 5.51. The number of benzene rings is 1. The van der Waals surface area contributed by atoms with E-state index in [1.54, 1.807) is 10.9 Å². The van der Waals surface area contributed by atoms with Crippen molar-refractivity contribution < 1.29 is 4.79 Å². The highest BCUT2D eigenvalue weighted by molar-refractivity contribution is 5.91. The van der Waals surface area contributed by atoms with Crippen LogP contribution in [0.25, 0.3) is 0 Å². The van der Waals surface area contributed by atoms with E-state index in [2.05, 4.69) is 65.6 Å². The Morgan fingerprint density at radius 2 is 1.96 bits per heavy atom. The number of amides is 1. The zero-order valence-corrected chi connectivity index (χ0v) is 16.7. The average Bonchev–Trinajstić information content (AvgIpc) is 3.17. The van der Waals surface area contributed by atoms with Gasteiger partial charge in [0.05, 0.1) is 12.2 Å². The van der Waals surface area contributed by atoms with Crippen molar-refractivity contribution in [3.8, 4) is 0 Å². The Hall–Kier alpha value is -2.21. The Balaban J connectivity index is 1.44. The summed E-state index contributed by atoms with van der Waals surface area (Å²) in [4.78, 5) is 14.8. The maximum atomic E-state index is 12.3. The van der Waals surface area contributed by atoms with Crippen LogP contribution in [0.4, 0.5) is 0 Å². The Morgan fingerprint density at radius 1 is 1.26 bits per heavy atom. The molecule has 0 aliphatic carbocycles. The van der Waals surface area contributed by atoms with Crippen LogP contribution in [0.2, 0.25) is 0 Å². The van der Waals surface area contributed by atoms with Gasteiger partial charge in [-0.1, -0.05) is 42.0 Å². The van der Waals surface area contributed by atoms with Crippen LogP contribution < -0.4 is 5.32 Å². The Bertz CT molecular complexity index is 731. The van der Waals surface area contributed by atoms with Crippen LogP contribution in [-0.2, 0) is 0 Å². The third kappa shape index (κ3) is 5.39. The van der Waals surface area contributed by atoms with E-state index in [9.17, 15) is 4.79 Å². The van der Waals surface area contributed by atoms with Crippen LogP contribution in [0.5, 0.6) is 0 Å². The summed E-state index contributed by atoms with van der Waals surface area (Å²) >= 11 is 0. The predicted molar refractivity (Wildman–Crippen MR) is 107 cm³/mol. The standard InChI is InChI=1S/C21H31N5O/c1-16-5-7-19(8-6-16)18(3)26-15-20(23-24-26)21(27)22-11-4-12-25-13-9-17(2)10-14-25/h5-8,15,17-18H,4,9-14H2,1-3H3,(H,22,27)/t18-/m0/s1. The molecule has 27 heavy (non-hydrogen) atoms. The molecule has 1 amide bonds. The molecule has 0 radical (unpaired) electrons. The molecule has 6 heteroatoms. The minimum Gasteiger partial charge on any atom is -0.351 e. The number of nitrogens with one attached hydrogen (secondary N) is 1. The molecule has 0 saturated carbocycles. The second-order valence-electron chi connectivity index (χ2n) is 7.80. The lowest BCUT2D eigenvalue weighted by molar-refractivity contribution is 0.0945. The molecule has 2 aromatic rings. The average molecular weight is 370 g/mol. The SMILES string of the molecule is Cc1ccc([C@H](C)n2cc(C(=O)NCCCN3CCC(C)CC3)nn2)cc1. The number of rotatable bonds is 7. The molecular weight excluding hydrogens is 338 g/mol. The summed E-state index contributed by atoms with van der Waals surface area (Å²) in [6.45, 7) is 10.5. The number of likely N-dealkylation sites (tertiary alicyclic amines) is 1. The molecule has 1 aromatic carbocycles. The van der Waals surface area contributed by atoms with Crippen LogP contribution in [0.15, 0.2) is 30.5 Å². The molecule has 3 rings (SSSR count). The van der Waals surface area contributed by atoms with E-state index in [-0.39, 0.29) is 11.9 Å². The molecular formula is C21H31N5O. The van der Waals surface area contributed by atoms with E-state index < -0.39 is 0 Å². The van der Waals surface area contributed by atoms with Crippen molar-refractivity contribution in [1.82, 2.24) is 25.2 Å². The van der Waals surface area contributed by atoms with Gasteiger partial charge in [0.25, 0.3) is 5.91 Å². The second-order valence-corrected chi connectivity index (χ2v) is 7.80. The molecule has 1 saturated heterocycles. The summed E-state index contributed by atoms with van der Waals surface area (Å²) in [5.74, 6) is 0.704. The van der Waals surface area contributed by atoms with Crippen molar-refractivity contribution in [3.05, 3.63) is 47.3 Å². The van der Waals surface area contributed by atoms with Gasteiger partial charge in [-0.05, 0) is 64.2 Å². The highest BCUT2D eigenvalue weighted by Crippen LogP contribution is 2.17. The van der Waals surface area contributed by atoms with Gasteiger partial charge in [0.15, 0.2) is 5.69 Å². The topological polar surface area (TPSA) is 63.1 Å². The van der Waals surface area contributed by atoms with E-state index in [0.29, 0.717) is 12.2 Å². The van der Waals surface area contributed by atoms with Gasteiger partial charge in [0, 0.05) is 6.54 Å². The number of carbonyl (C=O) groups is 1. The number of hydrogen-bond acceptors (Lipinski definition) is 4. The summed E-state index contributed by atoms with van der Waals surface area (Å²) < 4.78 is 1.74. The highest BCUT2D eigenvalue weighted by atomic mass is 16.2. The lowest BCUT2D eigenvalue weighted by Gasteiger charge is -2.30. The summed E-state index contributed by atoms with van der Waals surface area (Å²) in [6, 6.07) is 8.38. The van der Waals surface area contributed by atoms with Gasteiger partial charge in [-0.3, -0.25) is 4.79 Å². The lowest BCUT2D eigenvalue weighted by Crippen LogP contribution is -2.35. The summed E-state index contributed by atoms with van der Waals surface area (Å²) in [6.07, 6.45) is 5.27. The first kappa shape index (κ1) is 19.5. The Labute approximate surface area is 161 Å². The molecule has 6 nitrogen and oxygen atoms in total. The number of aryl methyl sites for hydroxylation is 1. The Morgan fingerprint density at radius 3 is 2.67 bits per heavy atom. The summed E-state index contributed by atoms with van der Waals surface area (Å²) in [7, 11) is 0. The molecule has 0 bridgehead atoms. The fourth-order valence-electron chi connectivity index (χ4n) is 3.45. The molecule has 0 unspecified atom stereocenters. The van der Waals surface area contributed by atoms with Gasteiger partial charge >= 0.3 is 0 Å². The molecule has 1 aliphatic heterocycles. The van der Waals surface area contributed by atoms with E-state index in [1.807, 2.05) is 0 Å². The molecule has 1 N–H and O–H groups in total. The fraction of sp³-hybridized carbons (Fsp3) is 0.571. The first-order chi connectivity index (χ1) is 13.0. The van der Waals surface area contributed by atoms with Gasteiger partial charge in [-0.25, -0.2) is 4.68 Å². The summed E-state index contributed by atoms with van der Waals surface area (Å²) in [5.41, 5.74) is 2.75. The zero-order chi connectivity index (χ0) is 19.2. The summed E-state index contributed by atoms with van der Waals surface area (Å²) in [5, 5.41) is 11.2. The largest absolute Gasteiger partial charge is 0.351 e. The first-order valence-corrected chi connectivity index (χ1v) is 10.0. The monoisotopic (exact) mass is 369 g/mol. The van der Waals surface area contributed by atoms with Crippen molar-refractivity contribution in [2.75, 3.05) is 26.2 Å². The van der Waals surface area contributed by atoms with Crippen molar-refractivity contribution in [3.63, 3.8) is 0 Å². The van der Waals surface area contributed by atoms with Crippen molar-refractivity contribution in [1.29, 1.82) is 0 Å². The minimum atomic E-state index is -0.148. The van der Waals surface area contributed by atoms with Gasteiger partial charge < -0.3 is 10.2 Å². The van der Waals surface area contributed by atoms with Crippen molar-refractivity contribution in [2.45, 2.75) is 46.1 Å². The smallest absolute Gasteiger partial charge is 0.273 e. The number of carbonyl (C=O) groups excluding carboxylic acids is 1. The number of hydrogen-bond donors (Lipinski definition) is 1. The third-order valence-electron chi connectivity index (χ3n) is 5.51. The lowest BCUT2D eigenvalue weighted by atomic mass is 9.99. The predicted octanol–water partition coefficient (Wildman–Crippen LogP) is 3.05. The second kappa shape index (κ2) is 9.13. The van der Waals surface area contributed by atoms with Crippen LogP contribution in [-0.4, -0.2) is 52.0 Å². The maximum Gasteiger partial charge on any atom is 0.273 e. The molecule has 146 valence electrons. The molecule has 1 aromatic heterocycles. The number of nitrogens with zero attached hydrogens (tertiary/aromatic N) is 4. The van der Waals surface area contributed by atoms with E-state index in [4.69, 9.17) is 0 Å². The van der Waals surface area contributed by atoms with Gasteiger partial charge in [0.1, 0.15) is 0 Å². The van der Waals surface area contributed by atoms with E-state index >= 15 is 0 Å². The molecule has 1 aliphatic rings. The van der Waals surface area contributed by atoms with Crippen LogP contribution >= 0.6 is 0 Å². The molecule has 2 heterocycles. The van der Waals surface area contributed by atoms with Crippen molar-refractivity contribution >= 4 is 5.91 Å². The van der Waals surface area contributed by atoms with Crippen molar-refractivity contribution in [2.24, 2.45) is 5.92 Å². The number of piperidine rings is 1. The van der Waals surface area contributed by atoms with Crippen LogP contribution in [0.3, 0.4) is 0 Å². The van der Waals surface area contributed by atoms with Gasteiger partial charge in [-0.15, -0.1) is 5.10 Å². The minimum absolute atomic E-state index is 0.0427. The zero-order valence-electron chi connectivity index (χ0n) is 16.7. The van der Waals surface area contributed by atoms with E-state index in [0.717, 1.165) is 24.4 Å². The molecule has 1 atom stereocenters.